The number of allylic oxidation sites excluding steroid dienone is 2. The fraction of sp³-hybridized carbons (Fsp3) is 0.455. The van der Waals surface area contributed by atoms with Crippen LogP contribution in [-0.4, -0.2) is 5.75 Å². The lowest BCUT2D eigenvalue weighted by Gasteiger charge is -2.02. The quantitative estimate of drug-likeness (QED) is 0.555. The lowest BCUT2D eigenvalue weighted by Crippen LogP contribution is -1.87. The molecule has 0 radical (unpaired) electrons. The highest BCUT2D eigenvalue weighted by Crippen LogP contribution is 2.21. The molecule has 0 rings (SSSR count). The Hall–Kier alpha value is -0.810. The summed E-state index contributed by atoms with van der Waals surface area (Å²) in [7, 11) is 0. The van der Waals surface area contributed by atoms with Crippen LogP contribution in [0, 0.1) is 12.3 Å². The van der Waals surface area contributed by atoms with Gasteiger partial charge in [-0.3, -0.25) is 0 Å². The second-order valence-corrected chi connectivity index (χ2v) is 3.01. The maximum absolute atomic E-state index is 5.35. The fourth-order valence-electron chi connectivity index (χ4n) is 0.626. The van der Waals surface area contributed by atoms with Crippen molar-refractivity contribution in [1.82, 2.24) is 0 Å². The van der Waals surface area contributed by atoms with Crippen LogP contribution in [0.15, 0.2) is 22.8 Å². The Morgan fingerprint density at radius 3 is 2.38 bits per heavy atom. The molecule has 0 aromatic rings. The third-order valence-corrected chi connectivity index (χ3v) is 2.39. The van der Waals surface area contributed by atoms with E-state index in [1.807, 2.05) is 33.8 Å². The Labute approximate surface area is 86.5 Å². The maximum Gasteiger partial charge on any atom is 0.0592 e. The van der Waals surface area contributed by atoms with Gasteiger partial charge in [-0.05, 0) is 25.6 Å². The van der Waals surface area contributed by atoms with E-state index in [1.54, 1.807) is 18.0 Å². The molecule has 0 aliphatic carbocycles. The van der Waals surface area contributed by atoms with Crippen molar-refractivity contribution in [2.75, 3.05) is 5.75 Å². The van der Waals surface area contributed by atoms with Gasteiger partial charge in [-0.25, -0.2) is 0 Å². The average molecular weight is 197 g/mol. The van der Waals surface area contributed by atoms with Gasteiger partial charge in [-0.1, -0.05) is 25.8 Å². The van der Waals surface area contributed by atoms with Crippen LogP contribution in [0.25, 0.3) is 0 Å². The minimum absolute atomic E-state index is 0.699. The van der Waals surface area contributed by atoms with Gasteiger partial charge in [0, 0.05) is 4.91 Å². The van der Waals surface area contributed by atoms with Crippen molar-refractivity contribution in [3.8, 4) is 12.3 Å². The van der Waals surface area contributed by atoms with Gasteiger partial charge in [0.25, 0.3) is 0 Å². The predicted octanol–water partition coefficient (Wildman–Crippen LogP) is 3.15. The van der Waals surface area contributed by atoms with E-state index < -0.39 is 0 Å². The van der Waals surface area contributed by atoms with E-state index in [1.165, 1.54) is 0 Å². The normalized spacial score (nSPS) is 11.3. The molecule has 0 aromatic heterocycles. The molecule has 0 unspecified atom stereocenters. The Morgan fingerprint density at radius 1 is 1.54 bits per heavy atom. The third kappa shape index (κ3) is 7.55. The summed E-state index contributed by atoms with van der Waals surface area (Å²) in [5.41, 5.74) is 6.43. The second kappa shape index (κ2) is 11.2. The van der Waals surface area contributed by atoms with Gasteiger partial charge in [0.05, 0.1) is 5.75 Å². The predicted molar refractivity (Wildman–Crippen MR) is 64.3 cm³/mol. The van der Waals surface area contributed by atoms with Crippen LogP contribution >= 0.6 is 11.8 Å². The van der Waals surface area contributed by atoms with Gasteiger partial charge in [-0.2, -0.15) is 0 Å². The van der Waals surface area contributed by atoms with Gasteiger partial charge in [0.2, 0.25) is 0 Å². The largest absolute Gasteiger partial charge is 0.404 e. The minimum Gasteiger partial charge on any atom is -0.404 e. The van der Waals surface area contributed by atoms with Gasteiger partial charge in [0.1, 0.15) is 0 Å². The van der Waals surface area contributed by atoms with Crippen LogP contribution in [0.1, 0.15) is 27.7 Å². The number of terminal acetylenes is 1. The van der Waals surface area contributed by atoms with Gasteiger partial charge in [-0.15, -0.1) is 18.2 Å². The Balaban J connectivity index is 0. The van der Waals surface area contributed by atoms with Crippen molar-refractivity contribution >= 4 is 11.8 Å². The number of hydrogen-bond donors (Lipinski definition) is 1. The van der Waals surface area contributed by atoms with Crippen molar-refractivity contribution in [1.29, 1.82) is 0 Å². The van der Waals surface area contributed by atoms with Crippen molar-refractivity contribution in [3.63, 3.8) is 0 Å². The molecule has 0 bridgehead atoms. The van der Waals surface area contributed by atoms with Crippen LogP contribution in [0.5, 0.6) is 0 Å². The lowest BCUT2D eigenvalue weighted by atomic mass is 10.3. The summed E-state index contributed by atoms with van der Waals surface area (Å²) in [6.45, 7) is 7.95. The van der Waals surface area contributed by atoms with Crippen LogP contribution in [0.4, 0.5) is 0 Å². The van der Waals surface area contributed by atoms with E-state index in [4.69, 9.17) is 12.2 Å². The van der Waals surface area contributed by atoms with E-state index in [0.717, 1.165) is 10.5 Å². The highest BCUT2D eigenvalue weighted by Gasteiger charge is 1.96. The molecule has 0 spiro atoms. The fourth-order valence-corrected chi connectivity index (χ4v) is 1.33. The van der Waals surface area contributed by atoms with Crippen LogP contribution in [-0.2, 0) is 0 Å². The molecule has 0 aliphatic heterocycles. The SMILES string of the molecule is C#CCSC(=C/C)/C(C)=C\N.CC. The van der Waals surface area contributed by atoms with Crippen molar-refractivity contribution < 1.29 is 0 Å². The lowest BCUT2D eigenvalue weighted by molar-refractivity contribution is 1.41. The summed E-state index contributed by atoms with van der Waals surface area (Å²) in [4.78, 5) is 1.16. The van der Waals surface area contributed by atoms with Gasteiger partial charge < -0.3 is 5.73 Å². The summed E-state index contributed by atoms with van der Waals surface area (Å²) in [5, 5.41) is 0. The highest BCUT2D eigenvalue weighted by molar-refractivity contribution is 8.03. The monoisotopic (exact) mass is 197 g/mol. The summed E-state index contributed by atoms with van der Waals surface area (Å²) in [5.74, 6) is 3.26. The Kier molecular flexibility index (Phi) is 12.7. The summed E-state index contributed by atoms with van der Waals surface area (Å²) < 4.78 is 0. The first kappa shape index (κ1) is 14.7. The molecule has 0 fully saturated rings. The smallest absolute Gasteiger partial charge is 0.0592 e. The summed E-state index contributed by atoms with van der Waals surface area (Å²) >= 11 is 1.63. The molecule has 1 nitrogen and oxygen atoms in total. The Morgan fingerprint density at radius 2 is 2.08 bits per heavy atom. The molecular weight excluding hydrogens is 178 g/mol. The van der Waals surface area contributed by atoms with Crippen LogP contribution in [0.3, 0.4) is 0 Å². The summed E-state index contributed by atoms with van der Waals surface area (Å²) in [6, 6.07) is 0. The van der Waals surface area contributed by atoms with E-state index >= 15 is 0 Å². The van der Waals surface area contributed by atoms with E-state index in [-0.39, 0.29) is 0 Å². The zero-order valence-electron chi connectivity index (χ0n) is 8.92. The second-order valence-electron chi connectivity index (χ2n) is 2.00. The molecule has 0 atom stereocenters. The van der Waals surface area contributed by atoms with E-state index in [0.29, 0.717) is 5.75 Å². The van der Waals surface area contributed by atoms with Crippen molar-refractivity contribution in [3.05, 3.63) is 22.8 Å². The molecule has 2 N–H and O–H groups in total. The Bertz CT molecular complexity index is 209. The van der Waals surface area contributed by atoms with E-state index in [2.05, 4.69) is 5.92 Å². The first-order valence-electron chi connectivity index (χ1n) is 4.37. The number of nitrogens with two attached hydrogens (primary N) is 1. The first-order valence-corrected chi connectivity index (χ1v) is 5.36. The molecule has 0 aromatic carbocycles. The molecule has 0 heterocycles. The number of thioether (sulfide) groups is 1. The molecule has 0 aliphatic rings. The number of rotatable bonds is 3. The van der Waals surface area contributed by atoms with Crippen LogP contribution in [0.2, 0.25) is 0 Å². The highest BCUT2D eigenvalue weighted by atomic mass is 32.2. The topological polar surface area (TPSA) is 26.0 Å². The first-order chi connectivity index (χ1) is 6.26. The number of hydrogen-bond acceptors (Lipinski definition) is 2. The standard InChI is InChI=1S/C9H13NS.C2H6/c1-4-6-11-9(5-2)8(3)7-10;1-2/h1,5,7H,6,10H2,2-3H3;1-2H3/b8-7-,9-5+;. The molecule has 0 saturated carbocycles. The molecule has 13 heavy (non-hydrogen) atoms. The van der Waals surface area contributed by atoms with Gasteiger partial charge in [0.15, 0.2) is 0 Å². The molecule has 2 heteroatoms. The zero-order valence-corrected chi connectivity index (χ0v) is 9.74. The zero-order chi connectivity index (χ0) is 10.7. The van der Waals surface area contributed by atoms with Crippen LogP contribution < -0.4 is 5.73 Å². The summed E-state index contributed by atoms with van der Waals surface area (Å²) in [6.07, 6.45) is 8.74. The average Bonchev–Trinajstić information content (AvgIpc) is 2.21. The van der Waals surface area contributed by atoms with E-state index in [9.17, 15) is 0 Å². The third-order valence-electron chi connectivity index (χ3n) is 1.21. The van der Waals surface area contributed by atoms with Crippen molar-refractivity contribution in [2.45, 2.75) is 27.7 Å². The molecule has 0 amide bonds. The van der Waals surface area contributed by atoms with Crippen molar-refractivity contribution in [2.24, 2.45) is 5.73 Å². The van der Waals surface area contributed by atoms with Gasteiger partial charge >= 0.3 is 0 Å². The molecule has 74 valence electrons. The molecular formula is C11H19NS. The minimum atomic E-state index is 0.699. The molecule has 0 saturated heterocycles. The maximum atomic E-state index is 5.35.